The number of ether oxygens (including phenoxy) is 1. The van der Waals surface area contributed by atoms with Crippen molar-refractivity contribution in [3.8, 4) is 5.75 Å². The Bertz CT molecular complexity index is 417. The second-order valence-electron chi connectivity index (χ2n) is 6.65. The quantitative estimate of drug-likeness (QED) is 0.835. The van der Waals surface area contributed by atoms with Gasteiger partial charge in [-0.15, -0.1) is 0 Å². The molecule has 3 heteroatoms. The minimum atomic E-state index is 0.568. The highest BCUT2D eigenvalue weighted by Crippen LogP contribution is 2.20. The van der Waals surface area contributed by atoms with Gasteiger partial charge in [-0.1, -0.05) is 26.0 Å². The summed E-state index contributed by atoms with van der Waals surface area (Å²) in [6, 6.07) is 8.58. The van der Waals surface area contributed by atoms with Gasteiger partial charge in [-0.2, -0.15) is 0 Å². The summed E-state index contributed by atoms with van der Waals surface area (Å²) in [5.74, 6) is 2.37. The molecule has 1 aromatic rings. The van der Waals surface area contributed by atoms with Gasteiger partial charge in [0.2, 0.25) is 0 Å². The van der Waals surface area contributed by atoms with Crippen LogP contribution >= 0.6 is 0 Å². The summed E-state index contributed by atoms with van der Waals surface area (Å²) in [5, 5.41) is 3.31. The Labute approximate surface area is 129 Å². The minimum absolute atomic E-state index is 0.568. The molecule has 1 aromatic carbocycles. The average Bonchev–Trinajstić information content (AvgIpc) is 2.46. The largest absolute Gasteiger partial charge is 0.493 e. The van der Waals surface area contributed by atoms with Crippen LogP contribution in [0.15, 0.2) is 24.3 Å². The molecule has 118 valence electrons. The normalized spacial score (nSPS) is 19.9. The fourth-order valence-corrected chi connectivity index (χ4v) is 3.00. The maximum atomic E-state index is 5.83. The highest BCUT2D eigenvalue weighted by atomic mass is 16.5. The SMILES string of the molecule is CNCC1CCCN(Cc2cccc(OCC(C)C)c2)C1. The number of likely N-dealkylation sites (tertiary alicyclic amines) is 1. The van der Waals surface area contributed by atoms with Crippen LogP contribution in [0.1, 0.15) is 32.3 Å². The molecule has 1 unspecified atom stereocenters. The van der Waals surface area contributed by atoms with Crippen molar-refractivity contribution >= 4 is 0 Å². The fraction of sp³-hybridized carbons (Fsp3) is 0.667. The third-order valence-corrected chi connectivity index (χ3v) is 3.98. The fourth-order valence-electron chi connectivity index (χ4n) is 3.00. The summed E-state index contributed by atoms with van der Waals surface area (Å²) in [5.41, 5.74) is 1.36. The average molecular weight is 290 g/mol. The molecule has 1 saturated heterocycles. The van der Waals surface area contributed by atoms with Crippen molar-refractivity contribution < 1.29 is 4.74 Å². The zero-order valence-electron chi connectivity index (χ0n) is 13.8. The van der Waals surface area contributed by atoms with E-state index in [1.807, 2.05) is 0 Å². The van der Waals surface area contributed by atoms with Crippen LogP contribution in [0.3, 0.4) is 0 Å². The van der Waals surface area contributed by atoms with Crippen molar-refractivity contribution in [1.82, 2.24) is 10.2 Å². The van der Waals surface area contributed by atoms with Gasteiger partial charge in [0.25, 0.3) is 0 Å². The van der Waals surface area contributed by atoms with Crippen molar-refractivity contribution in [3.05, 3.63) is 29.8 Å². The molecule has 0 radical (unpaired) electrons. The molecule has 21 heavy (non-hydrogen) atoms. The first-order chi connectivity index (χ1) is 10.2. The summed E-state index contributed by atoms with van der Waals surface area (Å²) < 4.78 is 5.83. The molecule has 0 spiro atoms. The molecule has 0 saturated carbocycles. The molecule has 1 N–H and O–H groups in total. The predicted molar refractivity (Wildman–Crippen MR) is 88.7 cm³/mol. The van der Waals surface area contributed by atoms with E-state index in [9.17, 15) is 0 Å². The van der Waals surface area contributed by atoms with Gasteiger partial charge in [-0.25, -0.2) is 0 Å². The van der Waals surface area contributed by atoms with Crippen molar-refractivity contribution in [2.75, 3.05) is 33.3 Å². The van der Waals surface area contributed by atoms with Gasteiger partial charge < -0.3 is 10.1 Å². The smallest absolute Gasteiger partial charge is 0.119 e. The number of rotatable bonds is 7. The molecular weight excluding hydrogens is 260 g/mol. The highest BCUT2D eigenvalue weighted by molar-refractivity contribution is 5.28. The van der Waals surface area contributed by atoms with Crippen LogP contribution in [0.5, 0.6) is 5.75 Å². The number of nitrogens with one attached hydrogen (secondary N) is 1. The Hall–Kier alpha value is -1.06. The van der Waals surface area contributed by atoms with Gasteiger partial charge >= 0.3 is 0 Å². The van der Waals surface area contributed by atoms with Crippen molar-refractivity contribution in [2.24, 2.45) is 11.8 Å². The molecule has 1 fully saturated rings. The van der Waals surface area contributed by atoms with Crippen LogP contribution < -0.4 is 10.1 Å². The van der Waals surface area contributed by atoms with Gasteiger partial charge in [-0.05, 0) is 62.5 Å². The topological polar surface area (TPSA) is 24.5 Å². The lowest BCUT2D eigenvalue weighted by molar-refractivity contribution is 0.166. The second kappa shape index (κ2) is 8.40. The van der Waals surface area contributed by atoms with E-state index < -0.39 is 0 Å². The first-order valence-corrected chi connectivity index (χ1v) is 8.26. The number of hydrogen-bond acceptors (Lipinski definition) is 3. The lowest BCUT2D eigenvalue weighted by atomic mass is 9.97. The molecule has 0 aromatic heterocycles. The second-order valence-corrected chi connectivity index (χ2v) is 6.65. The van der Waals surface area contributed by atoms with E-state index in [-0.39, 0.29) is 0 Å². The lowest BCUT2D eigenvalue weighted by Gasteiger charge is -2.32. The molecule has 1 atom stereocenters. The van der Waals surface area contributed by atoms with E-state index in [1.54, 1.807) is 0 Å². The van der Waals surface area contributed by atoms with Crippen LogP contribution in [0.4, 0.5) is 0 Å². The number of piperidine rings is 1. The molecule has 2 rings (SSSR count). The van der Waals surface area contributed by atoms with Gasteiger partial charge in [0.05, 0.1) is 6.61 Å². The third kappa shape index (κ3) is 5.68. The van der Waals surface area contributed by atoms with Crippen molar-refractivity contribution in [3.63, 3.8) is 0 Å². The summed E-state index contributed by atoms with van der Waals surface area (Å²) in [7, 11) is 2.05. The van der Waals surface area contributed by atoms with Gasteiger partial charge in [0.15, 0.2) is 0 Å². The molecule has 1 aliphatic heterocycles. The number of nitrogens with zero attached hydrogens (tertiary/aromatic N) is 1. The first-order valence-electron chi connectivity index (χ1n) is 8.26. The van der Waals surface area contributed by atoms with Crippen LogP contribution in [0.2, 0.25) is 0 Å². The van der Waals surface area contributed by atoms with Crippen molar-refractivity contribution in [2.45, 2.75) is 33.2 Å². The van der Waals surface area contributed by atoms with E-state index in [0.717, 1.165) is 31.4 Å². The predicted octanol–water partition coefficient (Wildman–Crippen LogP) is 3.15. The Morgan fingerprint density at radius 2 is 2.24 bits per heavy atom. The minimum Gasteiger partial charge on any atom is -0.493 e. The maximum absolute atomic E-state index is 5.83. The van der Waals surface area contributed by atoms with E-state index in [1.165, 1.54) is 31.5 Å². The summed E-state index contributed by atoms with van der Waals surface area (Å²) >= 11 is 0. The van der Waals surface area contributed by atoms with Crippen LogP contribution in [-0.4, -0.2) is 38.2 Å². The highest BCUT2D eigenvalue weighted by Gasteiger charge is 2.19. The molecule has 1 heterocycles. The molecule has 0 aliphatic carbocycles. The van der Waals surface area contributed by atoms with Crippen LogP contribution in [0.25, 0.3) is 0 Å². The van der Waals surface area contributed by atoms with E-state index >= 15 is 0 Å². The van der Waals surface area contributed by atoms with Crippen LogP contribution in [-0.2, 0) is 6.54 Å². The van der Waals surface area contributed by atoms with Gasteiger partial charge in [0.1, 0.15) is 5.75 Å². The number of hydrogen-bond donors (Lipinski definition) is 1. The van der Waals surface area contributed by atoms with E-state index in [0.29, 0.717) is 5.92 Å². The summed E-state index contributed by atoms with van der Waals surface area (Å²) in [4.78, 5) is 2.58. The van der Waals surface area contributed by atoms with E-state index in [4.69, 9.17) is 4.74 Å². The monoisotopic (exact) mass is 290 g/mol. The molecule has 0 amide bonds. The Kier molecular flexibility index (Phi) is 6.52. The molecule has 1 aliphatic rings. The lowest BCUT2D eigenvalue weighted by Crippen LogP contribution is -2.38. The Morgan fingerprint density at radius 3 is 3.00 bits per heavy atom. The standard InChI is InChI=1S/C18H30N2O/c1-15(2)14-21-18-8-4-6-16(10-18)12-20-9-5-7-17(13-20)11-19-3/h4,6,8,10,15,17,19H,5,7,9,11-14H2,1-3H3. The third-order valence-electron chi connectivity index (χ3n) is 3.98. The van der Waals surface area contributed by atoms with Crippen molar-refractivity contribution in [1.29, 1.82) is 0 Å². The summed E-state index contributed by atoms with van der Waals surface area (Å²) in [6.07, 6.45) is 2.67. The maximum Gasteiger partial charge on any atom is 0.119 e. The number of benzene rings is 1. The Morgan fingerprint density at radius 1 is 1.38 bits per heavy atom. The Balaban J connectivity index is 1.88. The van der Waals surface area contributed by atoms with Crippen LogP contribution in [0, 0.1) is 11.8 Å². The summed E-state index contributed by atoms with van der Waals surface area (Å²) in [6.45, 7) is 9.75. The molecule has 0 bridgehead atoms. The zero-order chi connectivity index (χ0) is 15.1. The first kappa shape index (κ1) is 16.3. The van der Waals surface area contributed by atoms with E-state index in [2.05, 4.69) is 55.4 Å². The zero-order valence-corrected chi connectivity index (χ0v) is 13.8. The molecular formula is C18H30N2O. The van der Waals surface area contributed by atoms with Gasteiger partial charge in [-0.3, -0.25) is 4.90 Å². The van der Waals surface area contributed by atoms with Gasteiger partial charge in [0, 0.05) is 13.1 Å². The molecule has 3 nitrogen and oxygen atoms in total.